The van der Waals surface area contributed by atoms with E-state index in [2.05, 4.69) is 31.7 Å². The lowest BCUT2D eigenvalue weighted by molar-refractivity contribution is 0.243. The average Bonchev–Trinajstić information content (AvgIpc) is 3.32. The zero-order valence-electron chi connectivity index (χ0n) is 14.8. The molecule has 26 heavy (non-hydrogen) atoms. The Labute approximate surface area is 155 Å². The SMILES string of the molecule is COc1cc2nc(CN3CCC[C@H]3c3ccsc3)[nH]c(=O)c2cc1OC. The predicted molar refractivity (Wildman–Crippen MR) is 102 cm³/mol. The summed E-state index contributed by atoms with van der Waals surface area (Å²) in [5, 5.41) is 4.82. The van der Waals surface area contributed by atoms with Crippen LogP contribution >= 0.6 is 11.3 Å². The number of methoxy groups -OCH3 is 2. The summed E-state index contributed by atoms with van der Waals surface area (Å²) in [6.07, 6.45) is 2.29. The van der Waals surface area contributed by atoms with Crippen molar-refractivity contribution in [2.75, 3.05) is 20.8 Å². The van der Waals surface area contributed by atoms with Gasteiger partial charge in [-0.3, -0.25) is 9.69 Å². The second-order valence-corrected chi connectivity index (χ2v) is 7.20. The van der Waals surface area contributed by atoms with Crippen LogP contribution in [0, 0.1) is 0 Å². The third kappa shape index (κ3) is 3.08. The lowest BCUT2D eigenvalue weighted by Crippen LogP contribution is -2.25. The van der Waals surface area contributed by atoms with E-state index in [1.807, 2.05) is 0 Å². The maximum Gasteiger partial charge on any atom is 0.258 e. The van der Waals surface area contributed by atoms with Crippen molar-refractivity contribution in [1.29, 1.82) is 0 Å². The number of hydrogen-bond acceptors (Lipinski definition) is 6. The molecule has 1 aliphatic rings. The number of aromatic nitrogens is 2. The van der Waals surface area contributed by atoms with E-state index in [1.165, 1.54) is 5.56 Å². The lowest BCUT2D eigenvalue weighted by Gasteiger charge is -2.23. The molecular weight excluding hydrogens is 350 g/mol. The van der Waals surface area contributed by atoms with Crippen LogP contribution in [0.25, 0.3) is 10.9 Å². The molecule has 6 nitrogen and oxygen atoms in total. The van der Waals surface area contributed by atoms with Crippen LogP contribution in [0.5, 0.6) is 11.5 Å². The first-order valence-electron chi connectivity index (χ1n) is 8.60. The molecule has 1 atom stereocenters. The fourth-order valence-corrected chi connectivity index (χ4v) is 4.35. The van der Waals surface area contributed by atoms with Crippen molar-refractivity contribution in [1.82, 2.24) is 14.9 Å². The summed E-state index contributed by atoms with van der Waals surface area (Å²) in [7, 11) is 3.13. The fourth-order valence-electron chi connectivity index (χ4n) is 3.64. The van der Waals surface area contributed by atoms with Crippen molar-refractivity contribution < 1.29 is 9.47 Å². The van der Waals surface area contributed by atoms with E-state index in [4.69, 9.17) is 9.47 Å². The summed E-state index contributed by atoms with van der Waals surface area (Å²) < 4.78 is 10.6. The molecule has 136 valence electrons. The van der Waals surface area contributed by atoms with E-state index < -0.39 is 0 Å². The molecule has 0 spiro atoms. The van der Waals surface area contributed by atoms with Gasteiger partial charge in [0.05, 0.1) is 31.7 Å². The monoisotopic (exact) mass is 371 g/mol. The van der Waals surface area contributed by atoms with Crippen molar-refractivity contribution in [3.8, 4) is 11.5 Å². The summed E-state index contributed by atoms with van der Waals surface area (Å²) in [6.45, 7) is 1.63. The van der Waals surface area contributed by atoms with E-state index in [9.17, 15) is 4.79 Å². The highest BCUT2D eigenvalue weighted by molar-refractivity contribution is 7.07. The predicted octanol–water partition coefficient (Wildman–Crippen LogP) is 3.34. The van der Waals surface area contributed by atoms with E-state index in [0.29, 0.717) is 40.8 Å². The average molecular weight is 371 g/mol. The quantitative estimate of drug-likeness (QED) is 0.745. The van der Waals surface area contributed by atoms with E-state index in [0.717, 1.165) is 19.4 Å². The maximum atomic E-state index is 12.5. The molecule has 4 rings (SSSR count). The van der Waals surface area contributed by atoms with Gasteiger partial charge in [0.2, 0.25) is 0 Å². The number of rotatable bonds is 5. The zero-order valence-corrected chi connectivity index (χ0v) is 15.6. The third-order valence-electron chi connectivity index (χ3n) is 4.90. The Morgan fingerprint density at radius 3 is 2.85 bits per heavy atom. The summed E-state index contributed by atoms with van der Waals surface area (Å²) in [5.41, 5.74) is 1.81. The smallest absolute Gasteiger partial charge is 0.258 e. The molecule has 1 aliphatic heterocycles. The van der Waals surface area contributed by atoms with Crippen molar-refractivity contribution in [3.63, 3.8) is 0 Å². The number of thiophene rings is 1. The summed E-state index contributed by atoms with van der Waals surface area (Å²) in [6, 6.07) is 6.01. The molecule has 3 aromatic rings. The van der Waals surface area contributed by atoms with Gasteiger partial charge in [-0.2, -0.15) is 11.3 Å². The van der Waals surface area contributed by atoms with Crippen LogP contribution in [0.1, 0.15) is 30.3 Å². The normalized spacial score (nSPS) is 17.7. The summed E-state index contributed by atoms with van der Waals surface area (Å²) in [5.74, 6) is 1.77. The van der Waals surface area contributed by atoms with Crippen LogP contribution in [0.2, 0.25) is 0 Å². The highest BCUT2D eigenvalue weighted by Gasteiger charge is 2.27. The minimum absolute atomic E-state index is 0.155. The van der Waals surface area contributed by atoms with Gasteiger partial charge in [-0.1, -0.05) is 0 Å². The van der Waals surface area contributed by atoms with Crippen molar-refractivity contribution in [3.05, 3.63) is 50.7 Å². The molecule has 2 aromatic heterocycles. The first-order chi connectivity index (χ1) is 12.7. The molecular formula is C19H21N3O3S. The van der Waals surface area contributed by atoms with Gasteiger partial charge in [0, 0.05) is 12.1 Å². The second-order valence-electron chi connectivity index (χ2n) is 6.42. The van der Waals surface area contributed by atoms with Gasteiger partial charge in [0.1, 0.15) is 5.82 Å². The molecule has 0 amide bonds. The van der Waals surface area contributed by atoms with E-state index >= 15 is 0 Å². The van der Waals surface area contributed by atoms with Gasteiger partial charge in [0.25, 0.3) is 5.56 Å². The second kappa shape index (κ2) is 7.09. The van der Waals surface area contributed by atoms with Crippen molar-refractivity contribution in [2.24, 2.45) is 0 Å². The molecule has 7 heteroatoms. The molecule has 1 N–H and O–H groups in total. The Morgan fingerprint density at radius 1 is 1.31 bits per heavy atom. The number of aromatic amines is 1. The summed E-state index contributed by atoms with van der Waals surface area (Å²) >= 11 is 1.72. The first-order valence-corrected chi connectivity index (χ1v) is 9.55. The van der Waals surface area contributed by atoms with Crippen LogP contribution in [0.15, 0.2) is 33.8 Å². The standard InChI is InChI=1S/C19H21N3O3S/c1-24-16-8-13-14(9-17(16)25-2)20-18(21-19(13)23)10-22-6-3-4-15(22)12-5-7-26-11-12/h5,7-9,11,15H,3-4,6,10H2,1-2H3,(H,20,21,23)/t15-/m0/s1. The van der Waals surface area contributed by atoms with E-state index in [-0.39, 0.29) is 5.56 Å². The third-order valence-corrected chi connectivity index (χ3v) is 5.61. The van der Waals surface area contributed by atoms with Gasteiger partial charge in [-0.15, -0.1) is 0 Å². The Morgan fingerprint density at radius 2 is 2.12 bits per heavy atom. The molecule has 1 saturated heterocycles. The molecule has 3 heterocycles. The fraction of sp³-hybridized carbons (Fsp3) is 0.368. The highest BCUT2D eigenvalue weighted by atomic mass is 32.1. The Hall–Kier alpha value is -2.38. The topological polar surface area (TPSA) is 67.5 Å². The Balaban J connectivity index is 1.67. The molecule has 0 unspecified atom stereocenters. The number of ether oxygens (including phenoxy) is 2. The van der Waals surface area contributed by atoms with Crippen LogP contribution in [0.4, 0.5) is 0 Å². The van der Waals surface area contributed by atoms with Gasteiger partial charge < -0.3 is 14.5 Å². The maximum absolute atomic E-state index is 12.5. The molecule has 1 aromatic carbocycles. The van der Waals surface area contributed by atoms with Gasteiger partial charge in [-0.25, -0.2) is 4.98 Å². The van der Waals surface area contributed by atoms with Gasteiger partial charge in [0.15, 0.2) is 11.5 Å². The molecule has 0 radical (unpaired) electrons. The molecule has 0 bridgehead atoms. The van der Waals surface area contributed by atoms with Crippen LogP contribution in [0.3, 0.4) is 0 Å². The van der Waals surface area contributed by atoms with Crippen LogP contribution in [-0.2, 0) is 6.54 Å². The van der Waals surface area contributed by atoms with Crippen molar-refractivity contribution >= 4 is 22.2 Å². The number of likely N-dealkylation sites (tertiary alicyclic amines) is 1. The van der Waals surface area contributed by atoms with Crippen LogP contribution in [-0.4, -0.2) is 35.6 Å². The minimum Gasteiger partial charge on any atom is -0.493 e. The number of fused-ring (bicyclic) bond motifs is 1. The number of nitrogens with one attached hydrogen (secondary N) is 1. The number of H-pyrrole nitrogens is 1. The number of nitrogens with zero attached hydrogens (tertiary/aromatic N) is 2. The highest BCUT2D eigenvalue weighted by Crippen LogP contribution is 2.34. The first kappa shape index (κ1) is 17.1. The van der Waals surface area contributed by atoms with Crippen molar-refractivity contribution in [2.45, 2.75) is 25.4 Å². The zero-order chi connectivity index (χ0) is 18.1. The number of hydrogen-bond donors (Lipinski definition) is 1. The largest absolute Gasteiger partial charge is 0.493 e. The van der Waals surface area contributed by atoms with Crippen LogP contribution < -0.4 is 15.0 Å². The lowest BCUT2D eigenvalue weighted by atomic mass is 10.1. The molecule has 0 aliphatic carbocycles. The Bertz CT molecular complexity index is 968. The number of benzene rings is 1. The van der Waals surface area contributed by atoms with Gasteiger partial charge in [-0.05, 0) is 47.8 Å². The minimum atomic E-state index is -0.155. The van der Waals surface area contributed by atoms with E-state index in [1.54, 1.807) is 37.7 Å². The summed E-state index contributed by atoms with van der Waals surface area (Å²) in [4.78, 5) is 22.5. The Kier molecular flexibility index (Phi) is 4.65. The molecule has 1 fully saturated rings. The molecule has 0 saturated carbocycles. The van der Waals surface area contributed by atoms with Gasteiger partial charge >= 0.3 is 0 Å².